The molecule has 166 valence electrons. The van der Waals surface area contributed by atoms with E-state index in [1.165, 1.54) is 0 Å². The SMILES string of the molecule is CCCCCc1cc(OC(=O)[C@H](O)CO)c2c(c1)OC(C)(C)[C@@H]1CCC(C)=C[C@@]21O. The molecule has 3 rings (SSSR count). The van der Waals surface area contributed by atoms with Crippen LogP contribution >= 0.6 is 0 Å². The third-order valence-electron chi connectivity index (χ3n) is 6.29. The average molecular weight is 419 g/mol. The number of aliphatic hydroxyl groups excluding tert-OH is 2. The van der Waals surface area contributed by atoms with Gasteiger partial charge in [-0.3, -0.25) is 0 Å². The lowest BCUT2D eigenvalue weighted by Crippen LogP contribution is -2.54. The fourth-order valence-electron chi connectivity index (χ4n) is 4.79. The van der Waals surface area contributed by atoms with Crippen molar-refractivity contribution in [1.82, 2.24) is 0 Å². The quantitative estimate of drug-likeness (QED) is 0.272. The second-order valence-corrected chi connectivity index (χ2v) is 9.16. The largest absolute Gasteiger partial charge is 0.487 e. The molecule has 1 heterocycles. The number of fused-ring (bicyclic) bond motifs is 3. The summed E-state index contributed by atoms with van der Waals surface area (Å²) in [6.45, 7) is 7.34. The molecule has 3 N–H and O–H groups in total. The molecular weight excluding hydrogens is 384 g/mol. The maximum Gasteiger partial charge on any atom is 0.342 e. The zero-order valence-electron chi connectivity index (χ0n) is 18.4. The number of allylic oxidation sites excluding steroid dienone is 1. The molecule has 30 heavy (non-hydrogen) atoms. The van der Waals surface area contributed by atoms with Crippen molar-refractivity contribution in [2.45, 2.75) is 83.5 Å². The number of ether oxygens (including phenoxy) is 2. The van der Waals surface area contributed by atoms with Gasteiger partial charge in [-0.25, -0.2) is 4.79 Å². The molecule has 1 aliphatic heterocycles. The lowest BCUT2D eigenvalue weighted by Gasteiger charge is -2.51. The molecule has 0 unspecified atom stereocenters. The molecule has 0 amide bonds. The number of rotatable bonds is 7. The van der Waals surface area contributed by atoms with Gasteiger partial charge in [-0.05, 0) is 70.2 Å². The molecule has 0 saturated heterocycles. The first-order valence-corrected chi connectivity index (χ1v) is 10.9. The Morgan fingerprint density at radius 3 is 2.73 bits per heavy atom. The number of esters is 1. The Hall–Kier alpha value is -1.89. The summed E-state index contributed by atoms with van der Waals surface area (Å²) in [7, 11) is 0. The Kier molecular flexibility index (Phi) is 6.60. The van der Waals surface area contributed by atoms with Crippen LogP contribution in [-0.2, 0) is 16.8 Å². The number of hydrogen-bond acceptors (Lipinski definition) is 6. The van der Waals surface area contributed by atoms with Crippen LogP contribution in [0.25, 0.3) is 0 Å². The van der Waals surface area contributed by atoms with Crippen molar-refractivity contribution in [1.29, 1.82) is 0 Å². The van der Waals surface area contributed by atoms with Crippen LogP contribution in [0.15, 0.2) is 23.8 Å². The molecule has 1 aliphatic carbocycles. The van der Waals surface area contributed by atoms with Crippen molar-refractivity contribution in [2.24, 2.45) is 5.92 Å². The first-order valence-electron chi connectivity index (χ1n) is 10.9. The van der Waals surface area contributed by atoms with Gasteiger partial charge in [-0.15, -0.1) is 0 Å². The Balaban J connectivity index is 2.14. The molecule has 6 nitrogen and oxygen atoms in total. The molecule has 3 atom stereocenters. The van der Waals surface area contributed by atoms with Crippen molar-refractivity contribution in [3.8, 4) is 11.5 Å². The molecular formula is C24H34O6. The monoisotopic (exact) mass is 418 g/mol. The van der Waals surface area contributed by atoms with Crippen molar-refractivity contribution in [2.75, 3.05) is 6.61 Å². The van der Waals surface area contributed by atoms with E-state index in [0.717, 1.165) is 49.7 Å². The average Bonchev–Trinajstić information content (AvgIpc) is 2.65. The van der Waals surface area contributed by atoms with Crippen LogP contribution in [0, 0.1) is 5.92 Å². The summed E-state index contributed by atoms with van der Waals surface area (Å²) >= 11 is 0. The molecule has 1 aromatic carbocycles. The van der Waals surface area contributed by atoms with Crippen LogP contribution in [0.3, 0.4) is 0 Å². The maximum atomic E-state index is 12.3. The number of aryl methyl sites for hydroxylation is 1. The summed E-state index contributed by atoms with van der Waals surface area (Å²) in [5.74, 6) is -0.482. The summed E-state index contributed by atoms with van der Waals surface area (Å²) in [4.78, 5) is 12.3. The predicted molar refractivity (Wildman–Crippen MR) is 113 cm³/mol. The molecule has 0 bridgehead atoms. The van der Waals surface area contributed by atoms with Gasteiger partial charge in [0, 0.05) is 5.92 Å². The van der Waals surface area contributed by atoms with Crippen molar-refractivity contribution in [3.63, 3.8) is 0 Å². The first kappa shape index (κ1) is 22.8. The standard InChI is InChI=1S/C24H34O6/c1-5-6-7-8-16-11-18(29-22(27)17(26)14-25)21-19(12-16)30-23(3,4)20-10-9-15(2)13-24(20,21)28/h11-13,17,20,25-26,28H,5-10,14H2,1-4H3/t17-,20+,24+/m1/s1. The summed E-state index contributed by atoms with van der Waals surface area (Å²) in [6, 6.07) is 3.68. The van der Waals surface area contributed by atoms with Crippen LogP contribution in [0.4, 0.5) is 0 Å². The van der Waals surface area contributed by atoms with Crippen LogP contribution in [0.5, 0.6) is 11.5 Å². The van der Waals surface area contributed by atoms with E-state index in [9.17, 15) is 15.0 Å². The number of carbonyl (C=O) groups is 1. The van der Waals surface area contributed by atoms with E-state index in [0.29, 0.717) is 11.3 Å². The van der Waals surface area contributed by atoms with Gasteiger partial charge in [0.25, 0.3) is 0 Å². The van der Waals surface area contributed by atoms with Gasteiger partial charge in [0.2, 0.25) is 0 Å². The summed E-state index contributed by atoms with van der Waals surface area (Å²) in [6.07, 6.45) is 5.76. The first-order chi connectivity index (χ1) is 14.1. The highest BCUT2D eigenvalue weighted by atomic mass is 16.6. The Morgan fingerprint density at radius 2 is 2.07 bits per heavy atom. The zero-order valence-corrected chi connectivity index (χ0v) is 18.4. The van der Waals surface area contributed by atoms with Crippen LogP contribution in [0.1, 0.15) is 70.9 Å². The summed E-state index contributed by atoms with van der Waals surface area (Å²) < 4.78 is 11.9. The van der Waals surface area contributed by atoms with Gasteiger partial charge >= 0.3 is 5.97 Å². The highest BCUT2D eigenvalue weighted by Crippen LogP contribution is 2.56. The van der Waals surface area contributed by atoms with E-state index in [-0.39, 0.29) is 11.7 Å². The van der Waals surface area contributed by atoms with E-state index in [2.05, 4.69) is 6.92 Å². The third kappa shape index (κ3) is 4.27. The van der Waals surface area contributed by atoms with Crippen molar-refractivity contribution >= 4 is 5.97 Å². The molecule has 0 radical (unpaired) electrons. The van der Waals surface area contributed by atoms with Crippen LogP contribution < -0.4 is 9.47 Å². The molecule has 0 spiro atoms. The van der Waals surface area contributed by atoms with Gasteiger partial charge in [0.05, 0.1) is 12.2 Å². The number of benzene rings is 1. The number of unbranched alkanes of at least 4 members (excludes halogenated alkanes) is 2. The maximum absolute atomic E-state index is 12.3. The van der Waals surface area contributed by atoms with Gasteiger partial charge in [-0.1, -0.05) is 25.3 Å². The third-order valence-corrected chi connectivity index (χ3v) is 6.29. The minimum Gasteiger partial charge on any atom is -0.487 e. The van der Waals surface area contributed by atoms with E-state index in [1.54, 1.807) is 6.07 Å². The molecule has 1 aromatic rings. The highest BCUT2D eigenvalue weighted by Gasteiger charge is 2.54. The van der Waals surface area contributed by atoms with E-state index in [4.69, 9.17) is 14.6 Å². The second-order valence-electron chi connectivity index (χ2n) is 9.16. The van der Waals surface area contributed by atoms with Crippen molar-refractivity contribution in [3.05, 3.63) is 34.9 Å². The lowest BCUT2D eigenvalue weighted by molar-refractivity contribution is -0.146. The lowest BCUT2D eigenvalue weighted by atomic mass is 9.64. The topological polar surface area (TPSA) is 96.2 Å². The van der Waals surface area contributed by atoms with Crippen LogP contribution in [-0.4, -0.2) is 39.6 Å². The molecule has 0 saturated carbocycles. The number of aliphatic hydroxyl groups is 3. The fraction of sp³-hybridized carbons (Fsp3) is 0.625. The molecule has 0 aromatic heterocycles. The Labute approximate surface area is 178 Å². The molecule has 0 fully saturated rings. The van der Waals surface area contributed by atoms with E-state index >= 15 is 0 Å². The Bertz CT molecular complexity index is 827. The predicted octanol–water partition coefficient (Wildman–Crippen LogP) is 3.39. The zero-order chi connectivity index (χ0) is 22.1. The van der Waals surface area contributed by atoms with E-state index in [1.807, 2.05) is 32.9 Å². The molecule has 2 aliphatic rings. The highest BCUT2D eigenvalue weighted by molar-refractivity contribution is 5.78. The van der Waals surface area contributed by atoms with Gasteiger partial charge in [0.15, 0.2) is 6.10 Å². The van der Waals surface area contributed by atoms with E-state index < -0.39 is 29.9 Å². The minimum absolute atomic E-state index is 0.186. The van der Waals surface area contributed by atoms with Gasteiger partial charge < -0.3 is 24.8 Å². The van der Waals surface area contributed by atoms with Crippen LogP contribution in [0.2, 0.25) is 0 Å². The van der Waals surface area contributed by atoms with Gasteiger partial charge in [-0.2, -0.15) is 0 Å². The number of carbonyl (C=O) groups excluding carboxylic acids is 1. The normalized spacial score (nSPS) is 25.4. The number of hydrogen-bond donors (Lipinski definition) is 3. The second kappa shape index (κ2) is 8.69. The fourth-order valence-corrected chi connectivity index (χ4v) is 4.79. The Morgan fingerprint density at radius 1 is 1.33 bits per heavy atom. The van der Waals surface area contributed by atoms with Gasteiger partial charge in [0.1, 0.15) is 22.7 Å². The molecule has 6 heteroatoms. The smallest absolute Gasteiger partial charge is 0.342 e. The van der Waals surface area contributed by atoms with Crippen molar-refractivity contribution < 1.29 is 29.6 Å². The summed E-state index contributed by atoms with van der Waals surface area (Å²) in [5.41, 5.74) is 0.479. The minimum atomic E-state index is -1.64. The summed E-state index contributed by atoms with van der Waals surface area (Å²) in [5, 5.41) is 30.7.